The zero-order chi connectivity index (χ0) is 13.8. The van der Waals surface area contributed by atoms with E-state index in [4.69, 9.17) is 9.47 Å². The fourth-order valence-electron chi connectivity index (χ4n) is 1.70. The standard InChI is InChI=1S/C16H27NO2/c1-3-11-18-13-5-10-17-14-15-6-8-16(9-7-15)19-12-4-2/h6-9,17H,3-5,10-14H2,1-2H3. The van der Waals surface area contributed by atoms with Gasteiger partial charge in [-0.1, -0.05) is 26.0 Å². The number of benzene rings is 1. The minimum Gasteiger partial charge on any atom is -0.494 e. The van der Waals surface area contributed by atoms with Gasteiger partial charge in [-0.2, -0.15) is 0 Å². The highest BCUT2D eigenvalue weighted by Gasteiger charge is 1.95. The molecule has 19 heavy (non-hydrogen) atoms. The number of ether oxygens (including phenoxy) is 2. The third kappa shape index (κ3) is 7.85. The molecule has 0 aliphatic heterocycles. The Morgan fingerprint density at radius 1 is 0.947 bits per heavy atom. The van der Waals surface area contributed by atoms with E-state index >= 15 is 0 Å². The maximum Gasteiger partial charge on any atom is 0.119 e. The van der Waals surface area contributed by atoms with Crippen molar-refractivity contribution in [3.05, 3.63) is 29.8 Å². The van der Waals surface area contributed by atoms with Crippen LogP contribution in [0.1, 0.15) is 38.7 Å². The highest BCUT2D eigenvalue weighted by Crippen LogP contribution is 2.12. The third-order valence-corrected chi connectivity index (χ3v) is 2.72. The first-order chi connectivity index (χ1) is 9.36. The summed E-state index contributed by atoms with van der Waals surface area (Å²) in [6, 6.07) is 8.31. The summed E-state index contributed by atoms with van der Waals surface area (Å²) in [6.45, 7) is 8.66. The van der Waals surface area contributed by atoms with Crippen molar-refractivity contribution in [2.75, 3.05) is 26.4 Å². The van der Waals surface area contributed by atoms with Gasteiger partial charge in [0.15, 0.2) is 0 Å². The molecule has 0 radical (unpaired) electrons. The topological polar surface area (TPSA) is 30.5 Å². The van der Waals surface area contributed by atoms with Crippen LogP contribution in [0.4, 0.5) is 0 Å². The predicted octanol–water partition coefficient (Wildman–Crippen LogP) is 3.38. The normalized spacial score (nSPS) is 10.6. The summed E-state index contributed by atoms with van der Waals surface area (Å²) in [6.07, 6.45) is 3.21. The molecule has 1 rings (SSSR count). The van der Waals surface area contributed by atoms with E-state index in [2.05, 4.69) is 31.3 Å². The molecule has 0 atom stereocenters. The second-order valence-corrected chi connectivity index (χ2v) is 4.64. The number of rotatable bonds is 11. The van der Waals surface area contributed by atoms with Gasteiger partial charge in [-0.25, -0.2) is 0 Å². The molecule has 1 aromatic rings. The van der Waals surface area contributed by atoms with Crippen LogP contribution in [0.2, 0.25) is 0 Å². The lowest BCUT2D eigenvalue weighted by atomic mass is 10.2. The van der Waals surface area contributed by atoms with E-state index in [1.165, 1.54) is 5.56 Å². The molecule has 0 bridgehead atoms. The second kappa shape index (κ2) is 10.8. The van der Waals surface area contributed by atoms with E-state index in [9.17, 15) is 0 Å². The van der Waals surface area contributed by atoms with E-state index in [1.54, 1.807) is 0 Å². The molecular formula is C16H27NO2. The molecule has 0 saturated heterocycles. The summed E-state index contributed by atoms with van der Waals surface area (Å²) >= 11 is 0. The van der Waals surface area contributed by atoms with Crippen LogP contribution in [0.25, 0.3) is 0 Å². The first-order valence-electron chi connectivity index (χ1n) is 7.37. The van der Waals surface area contributed by atoms with Crippen molar-refractivity contribution >= 4 is 0 Å². The Bertz CT molecular complexity index is 311. The first-order valence-corrected chi connectivity index (χ1v) is 7.37. The van der Waals surface area contributed by atoms with Gasteiger partial charge in [0, 0.05) is 19.8 Å². The van der Waals surface area contributed by atoms with E-state index < -0.39 is 0 Å². The van der Waals surface area contributed by atoms with E-state index in [0.29, 0.717) is 0 Å². The van der Waals surface area contributed by atoms with Gasteiger partial charge in [-0.3, -0.25) is 0 Å². The Kier molecular flexibility index (Phi) is 9.11. The summed E-state index contributed by atoms with van der Waals surface area (Å²) in [5, 5.41) is 3.42. The lowest BCUT2D eigenvalue weighted by Gasteiger charge is -2.07. The molecule has 0 aliphatic rings. The van der Waals surface area contributed by atoms with Gasteiger partial charge in [-0.05, 0) is 43.5 Å². The molecule has 0 fully saturated rings. The smallest absolute Gasteiger partial charge is 0.119 e. The molecule has 0 heterocycles. The Hall–Kier alpha value is -1.06. The lowest BCUT2D eigenvalue weighted by Crippen LogP contribution is -2.16. The van der Waals surface area contributed by atoms with Crippen molar-refractivity contribution < 1.29 is 9.47 Å². The van der Waals surface area contributed by atoms with Crippen LogP contribution in [0.3, 0.4) is 0 Å². The van der Waals surface area contributed by atoms with Gasteiger partial charge in [-0.15, -0.1) is 0 Å². The average Bonchev–Trinajstić information content (AvgIpc) is 2.45. The average molecular weight is 265 g/mol. The Labute approximate surface area is 117 Å². The number of hydrogen-bond donors (Lipinski definition) is 1. The van der Waals surface area contributed by atoms with Crippen LogP contribution < -0.4 is 10.1 Å². The Morgan fingerprint density at radius 3 is 2.37 bits per heavy atom. The van der Waals surface area contributed by atoms with Crippen LogP contribution in [0.5, 0.6) is 5.75 Å². The minimum atomic E-state index is 0.787. The molecule has 108 valence electrons. The SMILES string of the molecule is CCCOCCCNCc1ccc(OCCC)cc1. The van der Waals surface area contributed by atoms with E-state index in [1.807, 2.05) is 12.1 Å². The molecule has 0 spiro atoms. The van der Waals surface area contributed by atoms with Crippen LogP contribution in [0, 0.1) is 0 Å². The summed E-state index contributed by atoms with van der Waals surface area (Å²) in [4.78, 5) is 0. The molecular weight excluding hydrogens is 238 g/mol. The summed E-state index contributed by atoms with van der Waals surface area (Å²) in [5.41, 5.74) is 1.29. The predicted molar refractivity (Wildman–Crippen MR) is 79.7 cm³/mol. The summed E-state index contributed by atoms with van der Waals surface area (Å²) in [7, 11) is 0. The van der Waals surface area contributed by atoms with Crippen LogP contribution in [-0.2, 0) is 11.3 Å². The molecule has 3 nitrogen and oxygen atoms in total. The van der Waals surface area contributed by atoms with Gasteiger partial charge in [0.25, 0.3) is 0 Å². The van der Waals surface area contributed by atoms with Crippen molar-refractivity contribution in [3.8, 4) is 5.75 Å². The minimum absolute atomic E-state index is 0.787. The van der Waals surface area contributed by atoms with Crippen molar-refractivity contribution in [2.24, 2.45) is 0 Å². The molecule has 3 heteroatoms. The summed E-state index contributed by atoms with van der Waals surface area (Å²) < 4.78 is 11.0. The molecule has 0 aliphatic carbocycles. The molecule has 0 aromatic heterocycles. The van der Waals surface area contributed by atoms with Crippen LogP contribution in [-0.4, -0.2) is 26.4 Å². The third-order valence-electron chi connectivity index (χ3n) is 2.72. The maximum absolute atomic E-state index is 5.55. The van der Waals surface area contributed by atoms with Crippen LogP contribution >= 0.6 is 0 Å². The second-order valence-electron chi connectivity index (χ2n) is 4.64. The lowest BCUT2D eigenvalue weighted by molar-refractivity contribution is 0.132. The largest absolute Gasteiger partial charge is 0.494 e. The molecule has 0 saturated carbocycles. The Balaban J connectivity index is 2.09. The van der Waals surface area contributed by atoms with Gasteiger partial charge >= 0.3 is 0 Å². The monoisotopic (exact) mass is 265 g/mol. The molecule has 0 amide bonds. The zero-order valence-electron chi connectivity index (χ0n) is 12.3. The summed E-state index contributed by atoms with van der Waals surface area (Å²) in [5.74, 6) is 0.957. The molecule has 1 N–H and O–H groups in total. The number of nitrogens with one attached hydrogen (secondary N) is 1. The van der Waals surface area contributed by atoms with Gasteiger partial charge < -0.3 is 14.8 Å². The highest BCUT2D eigenvalue weighted by molar-refractivity contribution is 5.27. The van der Waals surface area contributed by atoms with Gasteiger partial charge in [0.05, 0.1) is 6.61 Å². The fraction of sp³-hybridized carbons (Fsp3) is 0.625. The fourth-order valence-corrected chi connectivity index (χ4v) is 1.70. The first kappa shape index (κ1) is 16.0. The maximum atomic E-state index is 5.55. The van der Waals surface area contributed by atoms with E-state index in [-0.39, 0.29) is 0 Å². The highest BCUT2D eigenvalue weighted by atomic mass is 16.5. The van der Waals surface area contributed by atoms with Crippen molar-refractivity contribution in [3.63, 3.8) is 0 Å². The van der Waals surface area contributed by atoms with E-state index in [0.717, 1.165) is 57.9 Å². The van der Waals surface area contributed by atoms with Gasteiger partial charge in [0.2, 0.25) is 0 Å². The Morgan fingerprint density at radius 2 is 1.68 bits per heavy atom. The molecule has 0 unspecified atom stereocenters. The quantitative estimate of drug-likeness (QED) is 0.622. The zero-order valence-corrected chi connectivity index (χ0v) is 12.3. The van der Waals surface area contributed by atoms with Crippen molar-refractivity contribution in [1.82, 2.24) is 5.32 Å². The van der Waals surface area contributed by atoms with Crippen molar-refractivity contribution in [2.45, 2.75) is 39.7 Å². The molecule has 1 aromatic carbocycles. The van der Waals surface area contributed by atoms with Crippen LogP contribution in [0.15, 0.2) is 24.3 Å². The van der Waals surface area contributed by atoms with Crippen molar-refractivity contribution in [1.29, 1.82) is 0 Å². The van der Waals surface area contributed by atoms with Gasteiger partial charge in [0.1, 0.15) is 5.75 Å². The number of hydrogen-bond acceptors (Lipinski definition) is 3.